The number of halogens is 1. The third kappa shape index (κ3) is 4.08. The molecule has 0 spiro atoms. The normalized spacial score (nSPS) is 10.5. The van der Waals surface area contributed by atoms with E-state index < -0.39 is 11.7 Å². The summed E-state index contributed by atoms with van der Waals surface area (Å²) in [6.45, 7) is 0.339. The number of carbonyl (C=O) groups is 1. The molecule has 7 heteroatoms. The van der Waals surface area contributed by atoms with Gasteiger partial charge < -0.3 is 19.2 Å². The average Bonchev–Trinajstić information content (AvgIpc) is 3.17. The van der Waals surface area contributed by atoms with Crippen LogP contribution in [0.15, 0.2) is 53.3 Å². The van der Waals surface area contributed by atoms with E-state index in [9.17, 15) is 9.18 Å². The lowest BCUT2D eigenvalue weighted by atomic mass is 10.1. The van der Waals surface area contributed by atoms with Crippen molar-refractivity contribution in [3.63, 3.8) is 0 Å². The molecule has 0 atom stereocenters. The lowest BCUT2D eigenvalue weighted by Crippen LogP contribution is -2.26. The molecule has 27 heavy (non-hydrogen) atoms. The molecule has 0 aliphatic carbocycles. The van der Waals surface area contributed by atoms with Crippen LogP contribution in [0.3, 0.4) is 0 Å². The van der Waals surface area contributed by atoms with Gasteiger partial charge in [0.1, 0.15) is 17.3 Å². The SMILES string of the molecule is COc1ccc(OC)c(CCNC(=O)c2ncoc2-c2ccccc2F)c1. The number of hydrogen-bond donors (Lipinski definition) is 1. The molecule has 2 aromatic carbocycles. The fraction of sp³-hybridized carbons (Fsp3) is 0.200. The number of hydrogen-bond acceptors (Lipinski definition) is 5. The zero-order valence-corrected chi connectivity index (χ0v) is 15.0. The van der Waals surface area contributed by atoms with Gasteiger partial charge in [-0.3, -0.25) is 4.79 Å². The fourth-order valence-corrected chi connectivity index (χ4v) is 2.72. The Kier molecular flexibility index (Phi) is 5.71. The molecule has 0 unspecified atom stereocenters. The summed E-state index contributed by atoms with van der Waals surface area (Å²) in [7, 11) is 3.17. The van der Waals surface area contributed by atoms with Gasteiger partial charge in [0, 0.05) is 6.54 Å². The van der Waals surface area contributed by atoms with E-state index in [-0.39, 0.29) is 17.0 Å². The summed E-state index contributed by atoms with van der Waals surface area (Å²) >= 11 is 0. The summed E-state index contributed by atoms with van der Waals surface area (Å²) in [6, 6.07) is 11.5. The number of carbonyl (C=O) groups excluding carboxylic acids is 1. The Balaban J connectivity index is 1.70. The molecule has 1 aromatic heterocycles. The second-order valence-corrected chi connectivity index (χ2v) is 5.69. The summed E-state index contributed by atoms with van der Waals surface area (Å²) in [6.07, 6.45) is 1.65. The lowest BCUT2D eigenvalue weighted by Gasteiger charge is -2.11. The van der Waals surface area contributed by atoms with Crippen molar-refractivity contribution in [1.29, 1.82) is 0 Å². The average molecular weight is 370 g/mol. The number of benzene rings is 2. The smallest absolute Gasteiger partial charge is 0.273 e. The van der Waals surface area contributed by atoms with E-state index in [0.29, 0.717) is 24.5 Å². The summed E-state index contributed by atoms with van der Waals surface area (Å²) in [5.74, 6) is 0.590. The van der Waals surface area contributed by atoms with Crippen LogP contribution in [0.4, 0.5) is 4.39 Å². The summed E-state index contributed by atoms with van der Waals surface area (Å²) in [5.41, 5.74) is 1.12. The molecule has 140 valence electrons. The van der Waals surface area contributed by atoms with Crippen LogP contribution in [0, 0.1) is 5.82 Å². The molecular formula is C20H19FN2O4. The van der Waals surface area contributed by atoms with E-state index in [0.717, 1.165) is 12.0 Å². The minimum Gasteiger partial charge on any atom is -0.497 e. The highest BCUT2D eigenvalue weighted by Crippen LogP contribution is 2.26. The Morgan fingerprint density at radius 3 is 2.74 bits per heavy atom. The van der Waals surface area contributed by atoms with Crippen molar-refractivity contribution in [1.82, 2.24) is 10.3 Å². The molecule has 0 fully saturated rings. The zero-order valence-electron chi connectivity index (χ0n) is 15.0. The van der Waals surface area contributed by atoms with Gasteiger partial charge in [-0.25, -0.2) is 9.37 Å². The Bertz CT molecular complexity index is 939. The van der Waals surface area contributed by atoms with E-state index in [1.165, 1.54) is 12.1 Å². The van der Waals surface area contributed by atoms with Gasteiger partial charge in [-0.15, -0.1) is 0 Å². The number of amides is 1. The highest BCUT2D eigenvalue weighted by Gasteiger charge is 2.20. The predicted octanol–water partition coefficient (Wildman–Crippen LogP) is 3.47. The van der Waals surface area contributed by atoms with Crippen LogP contribution < -0.4 is 14.8 Å². The maximum atomic E-state index is 14.0. The Morgan fingerprint density at radius 1 is 1.19 bits per heavy atom. The number of nitrogens with one attached hydrogen (secondary N) is 1. The first-order valence-electron chi connectivity index (χ1n) is 8.31. The minimum atomic E-state index is -0.482. The topological polar surface area (TPSA) is 73.6 Å². The molecule has 0 saturated carbocycles. The maximum absolute atomic E-state index is 14.0. The second-order valence-electron chi connectivity index (χ2n) is 5.69. The molecular weight excluding hydrogens is 351 g/mol. The Hall–Kier alpha value is -3.35. The van der Waals surface area contributed by atoms with Crippen molar-refractivity contribution in [2.24, 2.45) is 0 Å². The number of oxazole rings is 1. The quantitative estimate of drug-likeness (QED) is 0.689. The summed E-state index contributed by atoms with van der Waals surface area (Å²) in [4.78, 5) is 16.4. The second kappa shape index (κ2) is 8.35. The number of nitrogens with zero attached hydrogens (tertiary/aromatic N) is 1. The highest BCUT2D eigenvalue weighted by molar-refractivity contribution is 5.97. The van der Waals surface area contributed by atoms with Crippen molar-refractivity contribution >= 4 is 5.91 Å². The van der Waals surface area contributed by atoms with Crippen molar-refractivity contribution in [3.8, 4) is 22.8 Å². The van der Waals surface area contributed by atoms with E-state index in [1.807, 2.05) is 12.1 Å². The fourth-order valence-electron chi connectivity index (χ4n) is 2.72. The van der Waals surface area contributed by atoms with Gasteiger partial charge in [0.2, 0.25) is 0 Å². The van der Waals surface area contributed by atoms with Gasteiger partial charge in [-0.05, 0) is 42.3 Å². The minimum absolute atomic E-state index is 0.0395. The standard InChI is InChI=1S/C20H19FN2O4/c1-25-14-7-8-17(26-2)13(11-14)9-10-22-20(24)18-19(27-12-23-18)15-5-3-4-6-16(15)21/h3-8,11-12H,9-10H2,1-2H3,(H,22,24). The number of methoxy groups -OCH3 is 2. The highest BCUT2D eigenvalue weighted by atomic mass is 19.1. The van der Waals surface area contributed by atoms with E-state index >= 15 is 0 Å². The first kappa shape index (κ1) is 18.4. The molecule has 0 saturated heterocycles. The van der Waals surface area contributed by atoms with Gasteiger partial charge >= 0.3 is 0 Å². The zero-order chi connectivity index (χ0) is 19.2. The Morgan fingerprint density at radius 2 is 2.00 bits per heavy atom. The van der Waals surface area contributed by atoms with Gasteiger partial charge in [-0.2, -0.15) is 0 Å². The maximum Gasteiger partial charge on any atom is 0.273 e. The lowest BCUT2D eigenvalue weighted by molar-refractivity contribution is 0.0950. The van der Waals surface area contributed by atoms with E-state index in [1.54, 1.807) is 32.4 Å². The number of rotatable bonds is 7. The number of ether oxygens (including phenoxy) is 2. The molecule has 3 aromatic rings. The van der Waals surface area contributed by atoms with Crippen LogP contribution in [0.25, 0.3) is 11.3 Å². The molecule has 0 aliphatic heterocycles. The van der Waals surface area contributed by atoms with Gasteiger partial charge in [-0.1, -0.05) is 12.1 Å². The van der Waals surface area contributed by atoms with Crippen LogP contribution >= 0.6 is 0 Å². The van der Waals surface area contributed by atoms with Gasteiger partial charge in [0.25, 0.3) is 5.91 Å². The third-order valence-electron chi connectivity index (χ3n) is 4.07. The van der Waals surface area contributed by atoms with E-state index in [2.05, 4.69) is 10.3 Å². The molecule has 0 bridgehead atoms. The summed E-state index contributed by atoms with van der Waals surface area (Å²) < 4.78 is 29.8. The Labute approximate surface area is 155 Å². The predicted molar refractivity (Wildman–Crippen MR) is 97.5 cm³/mol. The molecule has 1 heterocycles. The van der Waals surface area contributed by atoms with Crippen molar-refractivity contribution < 1.29 is 23.1 Å². The van der Waals surface area contributed by atoms with Crippen molar-refractivity contribution in [2.75, 3.05) is 20.8 Å². The molecule has 0 aliphatic rings. The monoisotopic (exact) mass is 370 g/mol. The molecule has 1 N–H and O–H groups in total. The summed E-state index contributed by atoms with van der Waals surface area (Å²) in [5, 5.41) is 2.77. The van der Waals surface area contributed by atoms with Gasteiger partial charge in [0.05, 0.1) is 19.8 Å². The molecule has 1 amide bonds. The third-order valence-corrected chi connectivity index (χ3v) is 4.07. The first-order valence-corrected chi connectivity index (χ1v) is 8.31. The van der Waals surface area contributed by atoms with Crippen LogP contribution in [-0.4, -0.2) is 31.7 Å². The van der Waals surface area contributed by atoms with Crippen LogP contribution in [0.2, 0.25) is 0 Å². The van der Waals surface area contributed by atoms with Crippen molar-refractivity contribution in [2.45, 2.75) is 6.42 Å². The van der Waals surface area contributed by atoms with Crippen molar-refractivity contribution in [3.05, 3.63) is 65.9 Å². The molecule has 3 rings (SSSR count). The number of aromatic nitrogens is 1. The largest absolute Gasteiger partial charge is 0.497 e. The van der Waals surface area contributed by atoms with Crippen LogP contribution in [0.1, 0.15) is 16.1 Å². The van der Waals surface area contributed by atoms with Crippen LogP contribution in [0.5, 0.6) is 11.5 Å². The first-order chi connectivity index (χ1) is 13.1. The molecule has 6 nitrogen and oxygen atoms in total. The molecule has 0 radical (unpaired) electrons. The van der Waals surface area contributed by atoms with Gasteiger partial charge in [0.15, 0.2) is 17.8 Å². The van der Waals surface area contributed by atoms with Crippen LogP contribution in [-0.2, 0) is 6.42 Å². The van der Waals surface area contributed by atoms with E-state index in [4.69, 9.17) is 13.9 Å².